The van der Waals surface area contributed by atoms with Gasteiger partial charge in [-0.05, 0) is 18.1 Å². The lowest BCUT2D eigenvalue weighted by atomic mass is 10.1. The summed E-state index contributed by atoms with van der Waals surface area (Å²) in [5, 5.41) is 2.82. The van der Waals surface area contributed by atoms with E-state index >= 15 is 0 Å². The number of amides is 1. The molecule has 3 nitrogen and oxygen atoms in total. The van der Waals surface area contributed by atoms with Crippen LogP contribution in [0.1, 0.15) is 5.56 Å². The molecule has 1 N–H and O–H groups in total. The second-order valence-electron chi connectivity index (χ2n) is 4.10. The maximum atomic E-state index is 11.6. The highest BCUT2D eigenvalue weighted by atomic mass is 16.5. The van der Waals surface area contributed by atoms with Gasteiger partial charge < -0.3 is 10.1 Å². The molecule has 0 heterocycles. The number of carbonyl (C=O) groups is 1. The van der Waals surface area contributed by atoms with Gasteiger partial charge in [0.15, 0.2) is 6.61 Å². The molecule has 0 aliphatic carbocycles. The normalized spacial score (nSPS) is 9.89. The summed E-state index contributed by atoms with van der Waals surface area (Å²) in [6.07, 6.45) is 0.823. The predicted molar refractivity (Wildman–Crippen MR) is 73.9 cm³/mol. The Bertz CT molecular complexity index is 497. The van der Waals surface area contributed by atoms with Crippen LogP contribution < -0.4 is 10.1 Å². The number of nitrogens with one attached hydrogen (secondary N) is 1. The van der Waals surface area contributed by atoms with Crippen molar-refractivity contribution in [3.63, 3.8) is 0 Å². The van der Waals surface area contributed by atoms with Crippen LogP contribution in [0.3, 0.4) is 0 Å². The van der Waals surface area contributed by atoms with Crippen LogP contribution in [0.2, 0.25) is 0 Å². The SMILES string of the molecule is O=C(COc1[c]cccc1)NCCc1ccccc1. The van der Waals surface area contributed by atoms with Crippen molar-refractivity contribution < 1.29 is 9.53 Å². The van der Waals surface area contributed by atoms with Crippen LogP contribution in [0, 0.1) is 6.07 Å². The van der Waals surface area contributed by atoms with Gasteiger partial charge in [0, 0.05) is 12.6 Å². The highest BCUT2D eigenvalue weighted by molar-refractivity contribution is 5.77. The van der Waals surface area contributed by atoms with E-state index in [2.05, 4.69) is 11.4 Å². The highest BCUT2D eigenvalue weighted by Crippen LogP contribution is 2.06. The van der Waals surface area contributed by atoms with Crippen molar-refractivity contribution in [1.82, 2.24) is 5.32 Å². The van der Waals surface area contributed by atoms with E-state index in [1.165, 1.54) is 5.56 Å². The van der Waals surface area contributed by atoms with E-state index < -0.39 is 0 Å². The van der Waals surface area contributed by atoms with Gasteiger partial charge >= 0.3 is 0 Å². The summed E-state index contributed by atoms with van der Waals surface area (Å²) in [4.78, 5) is 11.6. The van der Waals surface area contributed by atoms with Crippen molar-refractivity contribution in [2.45, 2.75) is 6.42 Å². The molecule has 0 bridgehead atoms. The Morgan fingerprint density at radius 2 is 1.89 bits per heavy atom. The fraction of sp³-hybridized carbons (Fsp3) is 0.188. The molecule has 0 unspecified atom stereocenters. The van der Waals surface area contributed by atoms with Crippen LogP contribution in [0.25, 0.3) is 0 Å². The first-order valence-corrected chi connectivity index (χ1v) is 6.25. The van der Waals surface area contributed by atoms with Gasteiger partial charge in [-0.25, -0.2) is 0 Å². The van der Waals surface area contributed by atoms with E-state index in [0.717, 1.165) is 6.42 Å². The van der Waals surface area contributed by atoms with Crippen LogP contribution in [-0.2, 0) is 11.2 Å². The molecule has 3 heteroatoms. The van der Waals surface area contributed by atoms with Crippen molar-refractivity contribution in [3.8, 4) is 5.75 Å². The second-order valence-corrected chi connectivity index (χ2v) is 4.10. The van der Waals surface area contributed by atoms with E-state index in [0.29, 0.717) is 12.3 Å². The van der Waals surface area contributed by atoms with Crippen molar-refractivity contribution >= 4 is 5.91 Å². The quantitative estimate of drug-likeness (QED) is 0.858. The average molecular weight is 254 g/mol. The Labute approximate surface area is 113 Å². The Morgan fingerprint density at radius 3 is 2.63 bits per heavy atom. The molecule has 1 radical (unpaired) electrons. The summed E-state index contributed by atoms with van der Waals surface area (Å²) in [5.41, 5.74) is 1.21. The lowest BCUT2D eigenvalue weighted by Crippen LogP contribution is -2.30. The number of hydrogen-bond acceptors (Lipinski definition) is 2. The minimum absolute atomic E-state index is 0.0231. The Balaban J connectivity index is 1.65. The van der Waals surface area contributed by atoms with E-state index in [1.807, 2.05) is 42.5 Å². The van der Waals surface area contributed by atoms with Gasteiger partial charge in [-0.15, -0.1) is 0 Å². The summed E-state index contributed by atoms with van der Waals surface area (Å²) >= 11 is 0. The second kappa shape index (κ2) is 7.21. The molecule has 0 aromatic heterocycles. The summed E-state index contributed by atoms with van der Waals surface area (Å²) < 4.78 is 5.30. The van der Waals surface area contributed by atoms with Gasteiger partial charge in [0.2, 0.25) is 0 Å². The molecule has 0 aliphatic rings. The molecule has 0 saturated carbocycles. The first-order chi connectivity index (χ1) is 9.34. The molecule has 2 rings (SSSR count). The summed E-state index contributed by atoms with van der Waals surface area (Å²) in [5.74, 6) is 0.467. The summed E-state index contributed by atoms with van der Waals surface area (Å²) in [7, 11) is 0. The molecular formula is C16H16NO2. The van der Waals surface area contributed by atoms with Gasteiger partial charge in [0.05, 0.1) is 0 Å². The monoisotopic (exact) mass is 254 g/mol. The third-order valence-electron chi connectivity index (χ3n) is 2.62. The van der Waals surface area contributed by atoms with Gasteiger partial charge in [0.25, 0.3) is 5.91 Å². The molecule has 0 spiro atoms. The number of ether oxygens (including phenoxy) is 1. The molecule has 0 saturated heterocycles. The van der Waals surface area contributed by atoms with E-state index in [1.54, 1.807) is 12.1 Å². The summed E-state index contributed by atoms with van der Waals surface area (Å²) in [6.45, 7) is 0.639. The van der Waals surface area contributed by atoms with E-state index in [9.17, 15) is 4.79 Å². The van der Waals surface area contributed by atoms with Gasteiger partial charge in [-0.3, -0.25) is 4.79 Å². The third kappa shape index (κ3) is 4.84. The fourth-order valence-electron chi connectivity index (χ4n) is 1.65. The highest BCUT2D eigenvalue weighted by Gasteiger charge is 2.02. The zero-order chi connectivity index (χ0) is 13.3. The Hall–Kier alpha value is -2.29. The van der Waals surface area contributed by atoms with Crippen molar-refractivity contribution in [3.05, 3.63) is 66.2 Å². The lowest BCUT2D eigenvalue weighted by Gasteiger charge is -2.07. The van der Waals surface area contributed by atoms with Crippen LogP contribution in [0.5, 0.6) is 5.75 Å². The first-order valence-electron chi connectivity index (χ1n) is 6.25. The number of para-hydroxylation sites is 1. The molecule has 97 valence electrons. The minimum Gasteiger partial charge on any atom is -0.483 e. The van der Waals surface area contributed by atoms with Crippen LogP contribution in [0.4, 0.5) is 0 Å². The molecule has 19 heavy (non-hydrogen) atoms. The fourth-order valence-corrected chi connectivity index (χ4v) is 1.65. The number of hydrogen-bond donors (Lipinski definition) is 1. The predicted octanol–water partition coefficient (Wildman–Crippen LogP) is 2.22. The lowest BCUT2D eigenvalue weighted by molar-refractivity contribution is -0.123. The maximum Gasteiger partial charge on any atom is 0.257 e. The standard InChI is InChI=1S/C16H16NO2/c18-16(13-19-15-9-5-2-6-10-15)17-12-11-14-7-3-1-4-8-14/h1-9H,11-13H2,(H,17,18). The maximum absolute atomic E-state index is 11.6. The topological polar surface area (TPSA) is 38.3 Å². The number of rotatable bonds is 6. The smallest absolute Gasteiger partial charge is 0.257 e. The largest absolute Gasteiger partial charge is 0.483 e. The molecule has 0 atom stereocenters. The van der Waals surface area contributed by atoms with Gasteiger partial charge in [-0.1, -0.05) is 48.5 Å². The van der Waals surface area contributed by atoms with Gasteiger partial charge in [-0.2, -0.15) is 0 Å². The average Bonchev–Trinajstić information content (AvgIpc) is 2.47. The first kappa shape index (κ1) is 13.1. The number of carbonyl (C=O) groups excluding carboxylic acids is 1. The Morgan fingerprint density at radius 1 is 1.11 bits per heavy atom. The van der Waals surface area contributed by atoms with E-state index in [-0.39, 0.29) is 12.5 Å². The molecule has 0 aliphatic heterocycles. The molecule has 2 aromatic carbocycles. The zero-order valence-electron chi connectivity index (χ0n) is 10.6. The molecular weight excluding hydrogens is 238 g/mol. The van der Waals surface area contributed by atoms with Crippen molar-refractivity contribution in [2.24, 2.45) is 0 Å². The van der Waals surface area contributed by atoms with Crippen LogP contribution in [0.15, 0.2) is 54.6 Å². The zero-order valence-corrected chi connectivity index (χ0v) is 10.6. The van der Waals surface area contributed by atoms with Gasteiger partial charge in [0.1, 0.15) is 5.75 Å². The molecule has 1 amide bonds. The van der Waals surface area contributed by atoms with Crippen molar-refractivity contribution in [1.29, 1.82) is 0 Å². The Kier molecular flexibility index (Phi) is 4.99. The van der Waals surface area contributed by atoms with Crippen LogP contribution >= 0.6 is 0 Å². The summed E-state index contributed by atoms with van der Waals surface area (Å²) in [6, 6.07) is 20.2. The minimum atomic E-state index is -0.117. The van der Waals surface area contributed by atoms with Crippen molar-refractivity contribution in [2.75, 3.05) is 13.2 Å². The number of benzene rings is 2. The molecule has 2 aromatic rings. The third-order valence-corrected chi connectivity index (χ3v) is 2.62. The van der Waals surface area contributed by atoms with Crippen LogP contribution in [-0.4, -0.2) is 19.1 Å². The van der Waals surface area contributed by atoms with E-state index in [4.69, 9.17) is 4.74 Å². The molecule has 0 fully saturated rings.